The minimum Gasteiger partial charge on any atom is -0.339 e. The summed E-state index contributed by atoms with van der Waals surface area (Å²) in [7, 11) is 0. The second kappa shape index (κ2) is 5.51. The van der Waals surface area contributed by atoms with Gasteiger partial charge in [0.25, 0.3) is 0 Å². The molecule has 1 aromatic heterocycles. The molecule has 5 nitrogen and oxygen atoms in total. The Labute approximate surface area is 118 Å². The van der Waals surface area contributed by atoms with Gasteiger partial charge in [-0.25, -0.2) is 10.8 Å². The van der Waals surface area contributed by atoms with Crippen molar-refractivity contribution in [2.24, 2.45) is 5.84 Å². The number of nitrogens with two attached hydrogens (primary N) is 1. The van der Waals surface area contributed by atoms with Gasteiger partial charge in [0.05, 0.1) is 5.69 Å². The third kappa shape index (κ3) is 3.10. The Kier molecular flexibility index (Phi) is 4.00. The summed E-state index contributed by atoms with van der Waals surface area (Å²) in [5.74, 6) is 6.32. The molecule has 0 radical (unpaired) electrons. The Balaban J connectivity index is 2.30. The van der Waals surface area contributed by atoms with Crippen molar-refractivity contribution < 1.29 is 0 Å². The predicted octanol–water partition coefficient (Wildman–Crippen LogP) is 3.23. The van der Waals surface area contributed by atoms with E-state index in [0.29, 0.717) is 16.8 Å². The molecule has 0 spiro atoms. The fourth-order valence-electron chi connectivity index (χ4n) is 1.43. The monoisotopic (exact) mass is 327 g/mol. The van der Waals surface area contributed by atoms with E-state index in [2.05, 4.69) is 36.6 Å². The topological polar surface area (TPSA) is 75.9 Å². The van der Waals surface area contributed by atoms with Crippen LogP contribution >= 0.6 is 27.5 Å². The Morgan fingerprint density at radius 3 is 2.72 bits per heavy atom. The lowest BCUT2D eigenvalue weighted by Crippen LogP contribution is -2.11. The van der Waals surface area contributed by atoms with Crippen LogP contribution in [0.5, 0.6) is 0 Å². The van der Waals surface area contributed by atoms with E-state index in [9.17, 15) is 0 Å². The number of nitrogen functional groups attached to an aromatic ring is 1. The molecule has 0 bridgehead atoms. The van der Waals surface area contributed by atoms with E-state index in [1.165, 1.54) is 0 Å². The summed E-state index contributed by atoms with van der Waals surface area (Å²) in [6.07, 6.45) is 0. The first-order valence-corrected chi connectivity index (χ1v) is 6.30. The highest BCUT2D eigenvalue weighted by Crippen LogP contribution is 2.28. The first kappa shape index (κ1) is 13.1. The number of benzene rings is 1. The van der Waals surface area contributed by atoms with Crippen LogP contribution < -0.4 is 16.6 Å². The van der Waals surface area contributed by atoms with Gasteiger partial charge in [-0.2, -0.15) is 4.98 Å². The molecule has 2 aromatic rings. The van der Waals surface area contributed by atoms with Gasteiger partial charge in [0.2, 0.25) is 5.95 Å². The van der Waals surface area contributed by atoms with Gasteiger partial charge in [-0.15, -0.1) is 0 Å². The van der Waals surface area contributed by atoms with Crippen molar-refractivity contribution in [3.8, 4) is 0 Å². The predicted molar refractivity (Wildman–Crippen MR) is 77.0 cm³/mol. The first-order chi connectivity index (χ1) is 8.58. The number of halogens is 2. The third-order valence-electron chi connectivity index (χ3n) is 2.18. The summed E-state index contributed by atoms with van der Waals surface area (Å²) in [4.78, 5) is 8.31. The van der Waals surface area contributed by atoms with Gasteiger partial charge in [0, 0.05) is 21.3 Å². The SMILES string of the molecule is Cc1cc(Nc2ccc(Cl)cc2Br)nc(NN)n1. The van der Waals surface area contributed by atoms with Crippen LogP contribution in [0.3, 0.4) is 0 Å². The van der Waals surface area contributed by atoms with E-state index >= 15 is 0 Å². The van der Waals surface area contributed by atoms with E-state index in [0.717, 1.165) is 15.9 Å². The van der Waals surface area contributed by atoms with Crippen LogP contribution in [0.4, 0.5) is 17.5 Å². The number of aromatic nitrogens is 2. The zero-order chi connectivity index (χ0) is 13.1. The number of aryl methyl sites for hydroxylation is 1. The van der Waals surface area contributed by atoms with Crippen LogP contribution in [0.15, 0.2) is 28.7 Å². The molecule has 0 amide bonds. The molecule has 0 aliphatic rings. The summed E-state index contributed by atoms with van der Waals surface area (Å²) in [5.41, 5.74) is 4.09. The molecule has 94 valence electrons. The smallest absolute Gasteiger partial charge is 0.239 e. The highest BCUT2D eigenvalue weighted by Gasteiger charge is 2.04. The largest absolute Gasteiger partial charge is 0.339 e. The quantitative estimate of drug-likeness (QED) is 0.596. The highest BCUT2D eigenvalue weighted by molar-refractivity contribution is 9.10. The molecule has 0 saturated carbocycles. The molecule has 0 atom stereocenters. The molecule has 0 aliphatic heterocycles. The molecular formula is C11H11BrClN5. The van der Waals surface area contributed by atoms with Crippen molar-refractivity contribution in [2.45, 2.75) is 6.92 Å². The maximum atomic E-state index is 5.88. The summed E-state index contributed by atoms with van der Waals surface area (Å²) in [6.45, 7) is 1.87. The summed E-state index contributed by atoms with van der Waals surface area (Å²) < 4.78 is 0.855. The average Bonchev–Trinajstić information content (AvgIpc) is 2.32. The Bertz CT molecular complexity index is 575. The summed E-state index contributed by atoms with van der Waals surface area (Å²) in [6, 6.07) is 7.28. The van der Waals surface area contributed by atoms with Crippen molar-refractivity contribution in [2.75, 3.05) is 10.7 Å². The second-order valence-corrected chi connectivity index (χ2v) is 4.90. The fourth-order valence-corrected chi connectivity index (χ4v) is 2.21. The van der Waals surface area contributed by atoms with E-state index in [1.807, 2.05) is 19.1 Å². The summed E-state index contributed by atoms with van der Waals surface area (Å²) in [5, 5.41) is 3.83. The van der Waals surface area contributed by atoms with Gasteiger partial charge < -0.3 is 5.32 Å². The third-order valence-corrected chi connectivity index (χ3v) is 3.07. The lowest BCUT2D eigenvalue weighted by atomic mass is 10.3. The number of hydrogen-bond donors (Lipinski definition) is 3. The number of anilines is 3. The molecule has 4 N–H and O–H groups in total. The van der Waals surface area contributed by atoms with E-state index in [1.54, 1.807) is 12.1 Å². The second-order valence-electron chi connectivity index (χ2n) is 3.61. The zero-order valence-electron chi connectivity index (χ0n) is 9.54. The molecule has 7 heteroatoms. The average molecular weight is 329 g/mol. The number of hydrazine groups is 1. The van der Waals surface area contributed by atoms with Gasteiger partial charge >= 0.3 is 0 Å². The molecule has 18 heavy (non-hydrogen) atoms. The van der Waals surface area contributed by atoms with Crippen LogP contribution in [0.1, 0.15) is 5.69 Å². The number of hydrogen-bond acceptors (Lipinski definition) is 5. The Morgan fingerprint density at radius 1 is 1.28 bits per heavy atom. The number of nitrogens with zero attached hydrogens (tertiary/aromatic N) is 2. The lowest BCUT2D eigenvalue weighted by molar-refractivity contribution is 1.07. The van der Waals surface area contributed by atoms with E-state index < -0.39 is 0 Å². The van der Waals surface area contributed by atoms with Crippen LogP contribution in [0, 0.1) is 6.92 Å². The first-order valence-electron chi connectivity index (χ1n) is 5.13. The maximum absolute atomic E-state index is 5.88. The zero-order valence-corrected chi connectivity index (χ0v) is 11.9. The van der Waals surface area contributed by atoms with Gasteiger partial charge in [-0.05, 0) is 41.1 Å². The molecule has 1 heterocycles. The van der Waals surface area contributed by atoms with Gasteiger partial charge in [-0.3, -0.25) is 5.43 Å². The molecule has 0 fully saturated rings. The van der Waals surface area contributed by atoms with Crippen molar-refractivity contribution in [3.63, 3.8) is 0 Å². The number of nitrogens with one attached hydrogen (secondary N) is 2. The molecule has 0 saturated heterocycles. The highest BCUT2D eigenvalue weighted by atomic mass is 79.9. The van der Waals surface area contributed by atoms with Crippen LogP contribution in [-0.2, 0) is 0 Å². The van der Waals surface area contributed by atoms with Crippen LogP contribution in [0.2, 0.25) is 5.02 Å². The van der Waals surface area contributed by atoms with Crippen molar-refractivity contribution in [1.29, 1.82) is 0 Å². The number of rotatable bonds is 3. The minimum atomic E-state index is 0.364. The van der Waals surface area contributed by atoms with Gasteiger partial charge in [-0.1, -0.05) is 11.6 Å². The van der Waals surface area contributed by atoms with Crippen LogP contribution in [0.25, 0.3) is 0 Å². The maximum Gasteiger partial charge on any atom is 0.239 e. The van der Waals surface area contributed by atoms with Crippen molar-refractivity contribution in [1.82, 2.24) is 9.97 Å². The van der Waals surface area contributed by atoms with E-state index in [-0.39, 0.29) is 0 Å². The van der Waals surface area contributed by atoms with Gasteiger partial charge in [0.15, 0.2) is 0 Å². The van der Waals surface area contributed by atoms with Crippen molar-refractivity contribution >= 4 is 45.0 Å². The molecule has 1 aromatic carbocycles. The summed E-state index contributed by atoms with van der Waals surface area (Å²) >= 11 is 9.31. The van der Waals surface area contributed by atoms with Crippen molar-refractivity contribution in [3.05, 3.63) is 39.5 Å². The Morgan fingerprint density at radius 2 is 2.06 bits per heavy atom. The normalized spacial score (nSPS) is 10.2. The minimum absolute atomic E-state index is 0.364. The van der Waals surface area contributed by atoms with Crippen LogP contribution in [-0.4, -0.2) is 9.97 Å². The van der Waals surface area contributed by atoms with E-state index in [4.69, 9.17) is 17.4 Å². The standard InChI is InChI=1S/C11H11BrClN5/c1-6-4-10(17-11(15-6)18-14)16-9-3-2-7(13)5-8(9)12/h2-5H,14H2,1H3,(H2,15,16,17,18). The lowest BCUT2D eigenvalue weighted by Gasteiger charge is -2.09. The van der Waals surface area contributed by atoms with Gasteiger partial charge in [0.1, 0.15) is 5.82 Å². The molecule has 0 unspecified atom stereocenters. The Hall–Kier alpha value is -1.37. The molecular weight excluding hydrogens is 318 g/mol. The fraction of sp³-hybridized carbons (Fsp3) is 0.0909. The molecule has 2 rings (SSSR count). The molecule has 0 aliphatic carbocycles.